The van der Waals surface area contributed by atoms with Gasteiger partial charge in [0.15, 0.2) is 0 Å². The van der Waals surface area contributed by atoms with Crippen LogP contribution in [0, 0.1) is 0 Å². The van der Waals surface area contributed by atoms with Gasteiger partial charge in [0.25, 0.3) is 0 Å². The quantitative estimate of drug-likeness (QED) is 0.612. The van der Waals surface area contributed by atoms with E-state index in [2.05, 4.69) is 16.0 Å². The van der Waals surface area contributed by atoms with E-state index in [1.807, 2.05) is 32.9 Å². The molecule has 1 unspecified atom stereocenters. The number of anilines is 1. The topological polar surface area (TPSA) is 96.2 Å². The Morgan fingerprint density at radius 2 is 1.78 bits per heavy atom. The van der Waals surface area contributed by atoms with Crippen LogP contribution in [-0.4, -0.2) is 24.0 Å². The van der Waals surface area contributed by atoms with Crippen LogP contribution < -0.4 is 21.7 Å². The molecule has 6 nitrogen and oxygen atoms in total. The number of urea groups is 1. The van der Waals surface area contributed by atoms with Gasteiger partial charge >= 0.3 is 6.03 Å². The summed E-state index contributed by atoms with van der Waals surface area (Å²) in [5.74, 6) is -0.139. The van der Waals surface area contributed by atoms with E-state index in [1.165, 1.54) is 0 Å². The van der Waals surface area contributed by atoms with Crippen LogP contribution in [-0.2, 0) is 11.3 Å². The standard InChI is InChI=1S/C16H26N4O2.ClH/c1-4-5-14(17)15(21)18-10-12-6-8-13(9-7-12)20-16(22)19-11(2)3;/h6-9,11,14H,4-5,10,17H2,1-3H3,(H,18,21)(H2,19,20,22);1H. The molecule has 5 N–H and O–H groups in total. The van der Waals surface area contributed by atoms with Crippen molar-refractivity contribution < 1.29 is 9.59 Å². The number of rotatable bonds is 7. The molecule has 0 bridgehead atoms. The van der Waals surface area contributed by atoms with Crippen molar-refractivity contribution in [1.29, 1.82) is 0 Å². The highest BCUT2D eigenvalue weighted by Gasteiger charge is 2.11. The molecule has 0 radical (unpaired) electrons. The van der Waals surface area contributed by atoms with Crippen molar-refractivity contribution in [3.05, 3.63) is 29.8 Å². The second-order valence-corrected chi connectivity index (χ2v) is 5.56. The number of halogens is 1. The zero-order chi connectivity index (χ0) is 16.5. The summed E-state index contributed by atoms with van der Waals surface area (Å²) in [6, 6.07) is 6.71. The van der Waals surface area contributed by atoms with Gasteiger partial charge in [-0.25, -0.2) is 4.79 Å². The minimum atomic E-state index is -0.453. The lowest BCUT2D eigenvalue weighted by molar-refractivity contribution is -0.122. The fourth-order valence-corrected chi connectivity index (χ4v) is 1.90. The fraction of sp³-hybridized carbons (Fsp3) is 0.500. The zero-order valence-electron chi connectivity index (χ0n) is 13.9. The van der Waals surface area contributed by atoms with Gasteiger partial charge in [-0.1, -0.05) is 25.5 Å². The van der Waals surface area contributed by atoms with Gasteiger partial charge in [-0.05, 0) is 38.0 Å². The predicted molar refractivity (Wildman–Crippen MR) is 95.7 cm³/mol. The molecule has 0 aliphatic rings. The molecule has 3 amide bonds. The molecular formula is C16H27ClN4O2. The fourth-order valence-electron chi connectivity index (χ4n) is 1.90. The Labute approximate surface area is 144 Å². The van der Waals surface area contributed by atoms with Crippen molar-refractivity contribution in [1.82, 2.24) is 10.6 Å². The Kier molecular flexibility index (Phi) is 10.0. The Bertz CT molecular complexity index is 491. The van der Waals surface area contributed by atoms with Crippen molar-refractivity contribution in [3.63, 3.8) is 0 Å². The lowest BCUT2D eigenvalue weighted by Crippen LogP contribution is -2.40. The van der Waals surface area contributed by atoms with Crippen LogP contribution in [0.2, 0.25) is 0 Å². The predicted octanol–water partition coefficient (Wildman–Crippen LogP) is 2.38. The number of nitrogens with one attached hydrogen (secondary N) is 3. The zero-order valence-corrected chi connectivity index (χ0v) is 14.7. The normalized spacial score (nSPS) is 11.3. The SMILES string of the molecule is CCCC(N)C(=O)NCc1ccc(NC(=O)NC(C)C)cc1.Cl. The average Bonchev–Trinajstić information content (AvgIpc) is 2.45. The highest BCUT2D eigenvalue weighted by molar-refractivity contribution is 5.89. The van der Waals surface area contributed by atoms with E-state index in [0.717, 1.165) is 12.0 Å². The second-order valence-electron chi connectivity index (χ2n) is 5.56. The van der Waals surface area contributed by atoms with Gasteiger partial charge in [-0.2, -0.15) is 0 Å². The van der Waals surface area contributed by atoms with Crippen molar-refractivity contribution in [2.24, 2.45) is 5.73 Å². The maximum absolute atomic E-state index is 11.7. The van der Waals surface area contributed by atoms with Crippen molar-refractivity contribution in [2.75, 3.05) is 5.32 Å². The van der Waals surface area contributed by atoms with Crippen molar-refractivity contribution >= 4 is 30.0 Å². The average molecular weight is 343 g/mol. The Hall–Kier alpha value is -1.79. The molecule has 0 aliphatic heterocycles. The highest BCUT2D eigenvalue weighted by Crippen LogP contribution is 2.09. The molecule has 0 heterocycles. The summed E-state index contributed by atoms with van der Waals surface area (Å²) in [6.07, 6.45) is 1.56. The first-order valence-electron chi connectivity index (χ1n) is 7.62. The van der Waals surface area contributed by atoms with E-state index in [0.29, 0.717) is 18.7 Å². The number of nitrogens with two attached hydrogens (primary N) is 1. The number of carbonyl (C=O) groups excluding carboxylic acids is 2. The Morgan fingerprint density at radius 1 is 1.17 bits per heavy atom. The first-order chi connectivity index (χ1) is 10.4. The van der Waals surface area contributed by atoms with Gasteiger partial charge in [-0.15, -0.1) is 12.4 Å². The summed E-state index contributed by atoms with van der Waals surface area (Å²) in [7, 11) is 0. The smallest absolute Gasteiger partial charge is 0.319 e. The number of amides is 3. The van der Waals surface area contributed by atoms with Gasteiger partial charge in [-0.3, -0.25) is 4.79 Å². The van der Waals surface area contributed by atoms with E-state index in [1.54, 1.807) is 12.1 Å². The molecule has 0 saturated carbocycles. The van der Waals surface area contributed by atoms with Crippen LogP contribution >= 0.6 is 12.4 Å². The molecule has 1 aromatic carbocycles. The summed E-state index contributed by atoms with van der Waals surface area (Å²) in [4.78, 5) is 23.3. The van der Waals surface area contributed by atoms with E-state index >= 15 is 0 Å². The molecule has 1 rings (SSSR count). The van der Waals surface area contributed by atoms with E-state index in [-0.39, 0.29) is 30.4 Å². The molecule has 1 aromatic rings. The minimum absolute atomic E-state index is 0. The van der Waals surface area contributed by atoms with Gasteiger partial charge in [0.1, 0.15) is 0 Å². The molecule has 0 aromatic heterocycles. The molecule has 7 heteroatoms. The van der Waals surface area contributed by atoms with Crippen LogP contribution in [0.25, 0.3) is 0 Å². The summed E-state index contributed by atoms with van der Waals surface area (Å²) < 4.78 is 0. The van der Waals surface area contributed by atoms with Gasteiger partial charge in [0.2, 0.25) is 5.91 Å². The minimum Gasteiger partial charge on any atom is -0.351 e. The van der Waals surface area contributed by atoms with Crippen LogP contribution in [0.15, 0.2) is 24.3 Å². The van der Waals surface area contributed by atoms with E-state index in [9.17, 15) is 9.59 Å². The van der Waals surface area contributed by atoms with Crippen LogP contribution in [0.3, 0.4) is 0 Å². The summed E-state index contributed by atoms with van der Waals surface area (Å²) in [5, 5.41) is 8.30. The van der Waals surface area contributed by atoms with Gasteiger partial charge in [0.05, 0.1) is 6.04 Å². The number of hydrogen-bond donors (Lipinski definition) is 4. The number of benzene rings is 1. The lowest BCUT2D eigenvalue weighted by Gasteiger charge is -2.12. The van der Waals surface area contributed by atoms with Crippen molar-refractivity contribution in [2.45, 2.75) is 52.2 Å². The molecule has 0 saturated heterocycles. The second kappa shape index (κ2) is 10.9. The van der Waals surface area contributed by atoms with E-state index < -0.39 is 6.04 Å². The summed E-state index contributed by atoms with van der Waals surface area (Å²) in [5.41, 5.74) is 7.40. The van der Waals surface area contributed by atoms with Gasteiger partial charge in [0, 0.05) is 18.3 Å². The third-order valence-electron chi connectivity index (χ3n) is 3.03. The molecular weight excluding hydrogens is 316 g/mol. The number of hydrogen-bond acceptors (Lipinski definition) is 3. The summed E-state index contributed by atoms with van der Waals surface area (Å²) >= 11 is 0. The van der Waals surface area contributed by atoms with E-state index in [4.69, 9.17) is 5.73 Å². The third kappa shape index (κ3) is 8.42. The maximum atomic E-state index is 11.7. The van der Waals surface area contributed by atoms with Crippen molar-refractivity contribution in [3.8, 4) is 0 Å². The largest absolute Gasteiger partial charge is 0.351 e. The lowest BCUT2D eigenvalue weighted by atomic mass is 10.1. The molecule has 130 valence electrons. The van der Waals surface area contributed by atoms with Crippen LogP contribution in [0.1, 0.15) is 39.2 Å². The number of carbonyl (C=O) groups is 2. The third-order valence-corrected chi connectivity index (χ3v) is 3.03. The Balaban J connectivity index is 0.00000484. The molecule has 1 atom stereocenters. The molecule has 0 aliphatic carbocycles. The summed E-state index contributed by atoms with van der Waals surface area (Å²) in [6.45, 7) is 6.21. The molecule has 0 spiro atoms. The highest BCUT2D eigenvalue weighted by atomic mass is 35.5. The monoisotopic (exact) mass is 342 g/mol. The molecule has 23 heavy (non-hydrogen) atoms. The van der Waals surface area contributed by atoms with Crippen LogP contribution in [0.5, 0.6) is 0 Å². The van der Waals surface area contributed by atoms with Gasteiger partial charge < -0.3 is 21.7 Å². The Morgan fingerprint density at radius 3 is 2.30 bits per heavy atom. The molecule has 0 fully saturated rings. The maximum Gasteiger partial charge on any atom is 0.319 e. The first-order valence-corrected chi connectivity index (χ1v) is 7.62. The first kappa shape index (κ1) is 21.2. The van der Waals surface area contributed by atoms with Crippen LogP contribution in [0.4, 0.5) is 10.5 Å².